The Balaban J connectivity index is 2.34. The Morgan fingerprint density at radius 3 is 1.71 bits per heavy atom. The molecular formula is C59H99FN6O14. The number of ketones is 5. The fourth-order valence-corrected chi connectivity index (χ4v) is 8.81. The van der Waals surface area contributed by atoms with Crippen molar-refractivity contribution in [3.05, 3.63) is 35.6 Å². The molecule has 1 aromatic rings. The quantitative estimate of drug-likeness (QED) is 0.0356. The molecule has 0 aliphatic carbocycles. The number of carboxylic acids is 2. The van der Waals surface area contributed by atoms with E-state index in [0.717, 1.165) is 44.9 Å². The summed E-state index contributed by atoms with van der Waals surface area (Å²) >= 11 is 0. The van der Waals surface area contributed by atoms with Gasteiger partial charge >= 0.3 is 11.9 Å². The summed E-state index contributed by atoms with van der Waals surface area (Å²) < 4.78 is 25.6. The standard InChI is InChI=1S/C59H99FN6O14/c1-44(68)50(42-67)64-39-51(70)49(65-40-53(72)59(4,66-41-52(71)58(2,3)61)38-46-25-21-22-27-48(46)60)28-23-24-32-62-55(74)43-80-36-35-79-34-33-63-54(73)31-30-45(57(77)78)37-47(69)26-19-17-15-13-11-9-7-5-6-8-10-12-14-16-18-20-29-56(75)76/h21-22,25,27,45,49-50,64-67H,5-20,23-24,26,28-43,61H2,1-4H3,(H,62,74)(H,63,73)(H,75,76)(H,77,78)/t45-,49+,50+,59+/m1/s1. The number of rotatable bonds is 54. The molecule has 0 aliphatic rings. The summed E-state index contributed by atoms with van der Waals surface area (Å²) in [7, 11) is 0. The van der Waals surface area contributed by atoms with Gasteiger partial charge in [-0.1, -0.05) is 108 Å². The van der Waals surface area contributed by atoms with Crippen molar-refractivity contribution in [2.24, 2.45) is 11.7 Å². The number of hydrogen-bond acceptors (Lipinski definition) is 16. The van der Waals surface area contributed by atoms with E-state index in [4.69, 9.17) is 20.3 Å². The van der Waals surface area contributed by atoms with Crippen LogP contribution in [0.5, 0.6) is 0 Å². The third-order valence-electron chi connectivity index (χ3n) is 14.1. The van der Waals surface area contributed by atoms with Gasteiger partial charge in [0.05, 0.1) is 75.1 Å². The molecule has 1 aromatic carbocycles. The van der Waals surface area contributed by atoms with Gasteiger partial charge in [0, 0.05) is 45.2 Å². The number of Topliss-reactive ketones (excluding diaryl/α,β-unsaturated/α-hetero) is 5. The topological polar surface area (TPSA) is 319 Å². The number of nitrogens with one attached hydrogen (secondary N) is 5. The first-order valence-corrected chi connectivity index (χ1v) is 29.2. The highest BCUT2D eigenvalue weighted by molar-refractivity contribution is 5.94. The average Bonchev–Trinajstić information content (AvgIpc) is 3.40. The normalized spacial score (nSPS) is 13.4. The minimum absolute atomic E-state index is 0.0424. The summed E-state index contributed by atoms with van der Waals surface area (Å²) in [5.74, 6) is -5.69. The summed E-state index contributed by atoms with van der Waals surface area (Å²) in [6.45, 7) is 5.05. The predicted molar refractivity (Wildman–Crippen MR) is 303 cm³/mol. The van der Waals surface area contributed by atoms with E-state index in [1.54, 1.807) is 13.0 Å². The second-order valence-electron chi connectivity index (χ2n) is 21.9. The van der Waals surface area contributed by atoms with Gasteiger partial charge in [0.1, 0.15) is 24.0 Å². The van der Waals surface area contributed by atoms with E-state index in [-0.39, 0.29) is 138 Å². The molecule has 20 nitrogen and oxygen atoms in total. The minimum atomic E-state index is -1.45. The van der Waals surface area contributed by atoms with Gasteiger partial charge < -0.3 is 46.5 Å². The van der Waals surface area contributed by atoms with E-state index < -0.39 is 59.2 Å². The highest BCUT2D eigenvalue weighted by atomic mass is 19.1. The second kappa shape index (κ2) is 43.8. The van der Waals surface area contributed by atoms with Crippen LogP contribution in [0.3, 0.4) is 0 Å². The molecule has 0 saturated carbocycles. The molecule has 21 heteroatoms. The molecule has 0 aliphatic heterocycles. The number of aliphatic hydroxyl groups is 1. The van der Waals surface area contributed by atoms with Gasteiger partial charge in [-0.3, -0.25) is 53.8 Å². The molecule has 10 N–H and O–H groups in total. The van der Waals surface area contributed by atoms with Crippen molar-refractivity contribution in [2.75, 3.05) is 65.8 Å². The fraction of sp³-hybridized carbons (Fsp3) is 0.746. The van der Waals surface area contributed by atoms with Gasteiger partial charge in [-0.2, -0.15) is 0 Å². The summed E-state index contributed by atoms with van der Waals surface area (Å²) in [5.41, 5.74) is 3.57. The third kappa shape index (κ3) is 36.5. The van der Waals surface area contributed by atoms with Crippen molar-refractivity contribution in [3.63, 3.8) is 0 Å². The highest BCUT2D eigenvalue weighted by Gasteiger charge is 2.36. The predicted octanol–water partition coefficient (Wildman–Crippen LogP) is 5.64. The molecule has 0 saturated heterocycles. The summed E-state index contributed by atoms with van der Waals surface area (Å²) in [4.78, 5) is 112. The zero-order valence-electron chi connectivity index (χ0n) is 48.6. The highest BCUT2D eigenvalue weighted by Crippen LogP contribution is 2.20. The van der Waals surface area contributed by atoms with Crippen LogP contribution in [0, 0.1) is 11.7 Å². The first-order valence-electron chi connectivity index (χ1n) is 29.2. The van der Waals surface area contributed by atoms with Gasteiger partial charge in [-0.05, 0) is 77.8 Å². The van der Waals surface area contributed by atoms with E-state index in [0.29, 0.717) is 19.3 Å². The zero-order chi connectivity index (χ0) is 59.6. The molecule has 80 heavy (non-hydrogen) atoms. The van der Waals surface area contributed by atoms with Crippen LogP contribution in [0.2, 0.25) is 0 Å². The lowest BCUT2D eigenvalue weighted by Crippen LogP contribution is -2.59. The van der Waals surface area contributed by atoms with E-state index in [9.17, 15) is 57.8 Å². The van der Waals surface area contributed by atoms with Crippen LogP contribution in [0.15, 0.2) is 24.3 Å². The Bertz CT molecular complexity index is 2000. The lowest BCUT2D eigenvalue weighted by Gasteiger charge is -2.32. The summed E-state index contributed by atoms with van der Waals surface area (Å²) in [6.07, 6.45) is 19.3. The number of aliphatic hydroxyl groups excluding tert-OH is 1. The van der Waals surface area contributed by atoms with E-state index >= 15 is 0 Å². The second-order valence-corrected chi connectivity index (χ2v) is 21.9. The van der Waals surface area contributed by atoms with Crippen molar-refractivity contribution >= 4 is 52.7 Å². The number of carbonyl (C=O) groups excluding carboxylic acids is 7. The molecule has 0 bridgehead atoms. The molecule has 0 aromatic heterocycles. The van der Waals surface area contributed by atoms with Crippen molar-refractivity contribution in [1.82, 2.24) is 26.6 Å². The largest absolute Gasteiger partial charge is 0.481 e. The number of ether oxygens (including phenoxy) is 2. The van der Waals surface area contributed by atoms with Gasteiger partial charge in [0.15, 0.2) is 17.3 Å². The number of amides is 2. The fourth-order valence-electron chi connectivity index (χ4n) is 8.81. The Labute approximate surface area is 474 Å². The Morgan fingerprint density at radius 1 is 0.613 bits per heavy atom. The smallest absolute Gasteiger partial charge is 0.306 e. The lowest BCUT2D eigenvalue weighted by molar-refractivity contribution is -0.144. The molecule has 2 amide bonds. The van der Waals surface area contributed by atoms with Gasteiger partial charge in [-0.15, -0.1) is 0 Å². The molecule has 1 rings (SSSR count). The Hall–Kier alpha value is -4.90. The zero-order valence-corrected chi connectivity index (χ0v) is 48.6. The van der Waals surface area contributed by atoms with Gasteiger partial charge in [0.2, 0.25) is 11.8 Å². The van der Waals surface area contributed by atoms with Crippen LogP contribution >= 0.6 is 0 Å². The molecule has 456 valence electrons. The number of benzene rings is 1. The number of halogens is 1. The number of hydrogen-bond donors (Lipinski definition) is 9. The van der Waals surface area contributed by atoms with Crippen LogP contribution in [-0.2, 0) is 59.0 Å². The maximum absolute atomic E-state index is 14.8. The molecule has 0 radical (unpaired) electrons. The first kappa shape index (κ1) is 73.1. The number of unbranched alkanes of at least 4 members (excludes halogenated alkanes) is 16. The van der Waals surface area contributed by atoms with Gasteiger partial charge in [-0.25, -0.2) is 4.39 Å². The summed E-state index contributed by atoms with van der Waals surface area (Å²) in [5, 5.41) is 42.1. The van der Waals surface area contributed by atoms with Crippen LogP contribution in [0.25, 0.3) is 0 Å². The van der Waals surface area contributed by atoms with Crippen LogP contribution in [-0.4, -0.2) is 157 Å². The third-order valence-corrected chi connectivity index (χ3v) is 14.1. The lowest BCUT2D eigenvalue weighted by atomic mass is 9.87. The van der Waals surface area contributed by atoms with Crippen molar-refractivity contribution in [2.45, 2.75) is 211 Å². The molecule has 0 fully saturated rings. The van der Waals surface area contributed by atoms with Crippen molar-refractivity contribution in [3.8, 4) is 0 Å². The number of aliphatic carboxylic acids is 2. The maximum atomic E-state index is 14.8. The van der Waals surface area contributed by atoms with Gasteiger partial charge in [0.25, 0.3) is 0 Å². The Kier molecular flexibility index (Phi) is 40.0. The molecule has 4 atom stereocenters. The molecule has 0 spiro atoms. The van der Waals surface area contributed by atoms with Crippen LogP contribution in [0.1, 0.15) is 187 Å². The van der Waals surface area contributed by atoms with E-state index in [1.165, 1.54) is 96.8 Å². The minimum Gasteiger partial charge on any atom is -0.481 e. The maximum Gasteiger partial charge on any atom is 0.306 e. The average molecular weight is 1140 g/mol. The monoisotopic (exact) mass is 1130 g/mol. The Morgan fingerprint density at radius 2 is 1.16 bits per heavy atom. The van der Waals surface area contributed by atoms with Crippen molar-refractivity contribution < 1.29 is 72.3 Å². The first-order chi connectivity index (χ1) is 38.1. The summed E-state index contributed by atoms with van der Waals surface area (Å²) in [6, 6.07) is 4.10. The number of nitrogens with two attached hydrogens (primary N) is 1. The number of carboxylic acid groups (broad SMARTS) is 2. The van der Waals surface area contributed by atoms with E-state index in [2.05, 4.69) is 26.6 Å². The van der Waals surface area contributed by atoms with Crippen LogP contribution < -0.4 is 32.3 Å². The van der Waals surface area contributed by atoms with Crippen molar-refractivity contribution in [1.29, 1.82) is 0 Å². The number of carbonyl (C=O) groups is 9. The molecule has 0 unspecified atom stereocenters. The van der Waals surface area contributed by atoms with E-state index in [1.807, 2.05) is 0 Å². The SMILES string of the molecule is CC(=O)[C@H](CO)NCC(=O)[C@H](CCCCNC(=O)COCCOCCNC(=O)CC[C@H](CC(=O)CCCCCCCCCCCCCCCCCCC(=O)O)C(=O)O)NCC(=O)[C@](C)(Cc1ccccc1F)NCC(=O)C(C)(C)N. The molecule has 0 heterocycles. The van der Waals surface area contributed by atoms with Crippen LogP contribution in [0.4, 0.5) is 4.39 Å². The molecular weight excluding hydrogens is 1040 g/mol.